The Morgan fingerprint density at radius 2 is 2.00 bits per heavy atom. The average molecular weight is 192 g/mol. The van der Waals surface area contributed by atoms with Crippen LogP contribution in [-0.2, 0) is 9.63 Å². The number of rotatable bonds is 3. The van der Waals surface area contributed by atoms with E-state index >= 15 is 0 Å². The Morgan fingerprint density at radius 3 is 2.25 bits per heavy atom. The zero-order valence-electron chi connectivity index (χ0n) is 7.80. The van der Waals surface area contributed by atoms with Crippen molar-refractivity contribution >= 4 is 5.94 Å². The van der Waals surface area contributed by atoms with Gasteiger partial charge in [0.05, 0.1) is 7.11 Å². The van der Waals surface area contributed by atoms with Crippen molar-refractivity contribution in [2.24, 2.45) is 0 Å². The summed E-state index contributed by atoms with van der Waals surface area (Å²) in [5.41, 5.74) is 0.468. The molecule has 0 aromatic rings. The lowest BCUT2D eigenvalue weighted by atomic mass is 10.4. The van der Waals surface area contributed by atoms with Gasteiger partial charge in [-0.15, -0.1) is 4.65 Å². The molecule has 0 heterocycles. The van der Waals surface area contributed by atoms with E-state index in [1.807, 2.05) is 12.9 Å². The molecule has 70 valence electrons. The van der Waals surface area contributed by atoms with Crippen LogP contribution in [0.1, 0.15) is 6.92 Å². The third-order valence-electron chi connectivity index (χ3n) is 1.47. The van der Waals surface area contributed by atoms with Crippen LogP contribution in [0.5, 0.6) is 0 Å². The van der Waals surface area contributed by atoms with Gasteiger partial charge in [-0.2, -0.15) is 0 Å². The highest BCUT2D eigenvalue weighted by atomic mass is 35.5. The van der Waals surface area contributed by atoms with Crippen molar-refractivity contribution in [3.8, 4) is 0 Å². The standard InChI is InChI=1S/C8H14NO2.ClH/c1-5-6-8(7-10)9(2,3)11-4;/h5-6H,1-4H3;1H/q+1;/p-1. The number of nitrogens with zero attached hydrogens (tertiary/aromatic N) is 1. The Balaban J connectivity index is 0. The topological polar surface area (TPSA) is 26.3 Å². The summed E-state index contributed by atoms with van der Waals surface area (Å²) in [5.74, 6) is 1.82. The van der Waals surface area contributed by atoms with Crippen LogP contribution < -0.4 is 12.4 Å². The van der Waals surface area contributed by atoms with Gasteiger partial charge in [-0.25, -0.2) is 9.63 Å². The number of quaternary nitrogens is 1. The first kappa shape index (κ1) is 14.0. The van der Waals surface area contributed by atoms with E-state index < -0.39 is 0 Å². The van der Waals surface area contributed by atoms with E-state index in [1.54, 1.807) is 33.4 Å². The number of hydroxylamine groups is 3. The van der Waals surface area contributed by atoms with Crippen molar-refractivity contribution in [1.29, 1.82) is 0 Å². The van der Waals surface area contributed by atoms with Crippen LogP contribution in [0, 0.1) is 0 Å². The summed E-state index contributed by atoms with van der Waals surface area (Å²) >= 11 is 0. The van der Waals surface area contributed by atoms with Gasteiger partial charge in [0.2, 0.25) is 5.70 Å². The molecule has 0 amide bonds. The molecule has 0 unspecified atom stereocenters. The van der Waals surface area contributed by atoms with E-state index in [2.05, 4.69) is 0 Å². The summed E-state index contributed by atoms with van der Waals surface area (Å²) in [6.45, 7) is 1.84. The summed E-state index contributed by atoms with van der Waals surface area (Å²) in [5, 5.41) is 0. The Morgan fingerprint density at radius 1 is 1.50 bits per heavy atom. The van der Waals surface area contributed by atoms with Gasteiger partial charge in [0, 0.05) is 6.08 Å². The molecule has 0 aliphatic rings. The Kier molecular flexibility index (Phi) is 6.95. The molecule has 12 heavy (non-hydrogen) atoms. The molecule has 3 nitrogen and oxygen atoms in total. The predicted octanol–water partition coefficient (Wildman–Crippen LogP) is -2.08. The molecule has 0 radical (unpaired) electrons. The lowest BCUT2D eigenvalue weighted by Gasteiger charge is -2.22. The van der Waals surface area contributed by atoms with Crippen molar-refractivity contribution in [2.75, 3.05) is 21.2 Å². The number of hydrogen-bond acceptors (Lipinski definition) is 2. The highest BCUT2D eigenvalue weighted by Gasteiger charge is 2.20. The minimum atomic E-state index is 0. The van der Waals surface area contributed by atoms with Crippen LogP contribution >= 0.6 is 0 Å². The average Bonchev–Trinajstić information content (AvgIpc) is 2.00. The Hall–Kier alpha value is -0.600. The summed E-state index contributed by atoms with van der Waals surface area (Å²) in [7, 11) is 5.07. The summed E-state index contributed by atoms with van der Waals surface area (Å²) < 4.78 is 0.0911. The van der Waals surface area contributed by atoms with Crippen LogP contribution in [0.25, 0.3) is 0 Å². The number of hydrogen-bond donors (Lipinski definition) is 0. The van der Waals surface area contributed by atoms with Gasteiger partial charge in [0.25, 0.3) is 0 Å². The van der Waals surface area contributed by atoms with Gasteiger partial charge in [0.1, 0.15) is 14.1 Å². The molecule has 0 aromatic carbocycles. The van der Waals surface area contributed by atoms with Crippen LogP contribution in [0.15, 0.2) is 17.8 Å². The van der Waals surface area contributed by atoms with E-state index in [0.29, 0.717) is 5.70 Å². The van der Waals surface area contributed by atoms with Gasteiger partial charge in [0.15, 0.2) is 5.94 Å². The quantitative estimate of drug-likeness (QED) is 0.222. The molecule has 0 aromatic heterocycles. The first-order chi connectivity index (χ1) is 5.08. The molecule has 0 atom stereocenters. The van der Waals surface area contributed by atoms with Crippen LogP contribution in [0.2, 0.25) is 0 Å². The molecule has 0 rings (SSSR count). The van der Waals surface area contributed by atoms with E-state index in [1.165, 1.54) is 0 Å². The van der Waals surface area contributed by atoms with Crippen molar-refractivity contribution in [1.82, 2.24) is 0 Å². The monoisotopic (exact) mass is 191 g/mol. The molecule has 4 heteroatoms. The lowest BCUT2D eigenvalue weighted by Crippen LogP contribution is -3.00. The molecule has 0 saturated carbocycles. The van der Waals surface area contributed by atoms with Crippen molar-refractivity contribution in [2.45, 2.75) is 6.92 Å². The van der Waals surface area contributed by atoms with Crippen LogP contribution in [0.3, 0.4) is 0 Å². The van der Waals surface area contributed by atoms with Crippen LogP contribution in [0.4, 0.5) is 0 Å². The molecule has 0 N–H and O–H groups in total. The van der Waals surface area contributed by atoms with Gasteiger partial charge in [-0.1, -0.05) is 6.08 Å². The Bertz CT molecular complexity index is 205. The highest BCUT2D eigenvalue weighted by molar-refractivity contribution is 5.53. The normalized spacial score (nSPS) is 10.7. The molecular formula is C8H14ClNO2. The van der Waals surface area contributed by atoms with Crippen LogP contribution in [-0.4, -0.2) is 31.8 Å². The maximum absolute atomic E-state index is 10.4. The van der Waals surface area contributed by atoms with Gasteiger partial charge in [-0.05, 0) is 6.92 Å². The first-order valence-corrected chi connectivity index (χ1v) is 3.36. The van der Waals surface area contributed by atoms with E-state index in [0.717, 1.165) is 0 Å². The Labute approximate surface area is 79.3 Å². The summed E-state index contributed by atoms with van der Waals surface area (Å²) in [6.07, 6.45) is 3.45. The third-order valence-corrected chi connectivity index (χ3v) is 1.47. The maximum Gasteiger partial charge on any atom is 0.248 e. The fourth-order valence-corrected chi connectivity index (χ4v) is 0.580. The van der Waals surface area contributed by atoms with E-state index in [4.69, 9.17) is 4.84 Å². The highest BCUT2D eigenvalue weighted by Crippen LogP contribution is 2.08. The fourth-order valence-electron chi connectivity index (χ4n) is 0.580. The third kappa shape index (κ3) is 3.69. The van der Waals surface area contributed by atoms with Crippen molar-refractivity contribution in [3.05, 3.63) is 17.8 Å². The molecule has 0 fully saturated rings. The minimum absolute atomic E-state index is 0. The fraction of sp³-hybridized carbons (Fsp3) is 0.500. The van der Waals surface area contributed by atoms with Crippen molar-refractivity contribution < 1.29 is 26.7 Å². The molecule has 0 bridgehead atoms. The largest absolute Gasteiger partial charge is 1.00 e. The summed E-state index contributed by atoms with van der Waals surface area (Å²) in [6, 6.07) is 0. The smallest absolute Gasteiger partial charge is 0.248 e. The summed E-state index contributed by atoms with van der Waals surface area (Å²) in [4.78, 5) is 15.4. The molecule has 0 spiro atoms. The molecule has 0 aliphatic heterocycles. The molecule has 0 aliphatic carbocycles. The lowest BCUT2D eigenvalue weighted by molar-refractivity contribution is -1.04. The number of likely N-dealkylation sites (N-methyl/N-ethyl adjacent to an activating group) is 1. The molecule has 0 saturated heterocycles. The van der Waals surface area contributed by atoms with Crippen molar-refractivity contribution in [3.63, 3.8) is 0 Å². The van der Waals surface area contributed by atoms with Gasteiger partial charge in [-0.3, -0.25) is 0 Å². The zero-order chi connectivity index (χ0) is 8.91. The van der Waals surface area contributed by atoms with Gasteiger partial charge >= 0.3 is 0 Å². The zero-order valence-corrected chi connectivity index (χ0v) is 8.55. The first-order valence-electron chi connectivity index (χ1n) is 3.36. The second kappa shape index (κ2) is 5.98. The SMILES string of the molecule is CC=CC(=C=O)[N+](C)(C)OC.[Cl-]. The minimum Gasteiger partial charge on any atom is -1.00 e. The molecular weight excluding hydrogens is 178 g/mol. The maximum atomic E-state index is 10.4. The van der Waals surface area contributed by atoms with E-state index in [-0.39, 0.29) is 17.1 Å². The van der Waals surface area contributed by atoms with Gasteiger partial charge < -0.3 is 12.4 Å². The number of halogens is 1. The number of carbonyl (C=O) groups excluding carboxylic acids is 1. The second-order valence-corrected chi connectivity index (χ2v) is 2.52. The number of allylic oxidation sites excluding steroid dienone is 2. The predicted molar refractivity (Wildman–Crippen MR) is 43.1 cm³/mol. The van der Waals surface area contributed by atoms with E-state index in [9.17, 15) is 4.79 Å². The second-order valence-electron chi connectivity index (χ2n) is 2.52.